The van der Waals surface area contributed by atoms with Crippen LogP contribution >= 0.6 is 11.6 Å². The minimum absolute atomic E-state index is 0.0394. The number of aryl methyl sites for hydroxylation is 2. The quantitative estimate of drug-likeness (QED) is 0.413. The van der Waals surface area contributed by atoms with Gasteiger partial charge in [0.05, 0.1) is 30.4 Å². The first-order chi connectivity index (χ1) is 15.4. The lowest BCUT2D eigenvalue weighted by Gasteiger charge is -2.30. The third-order valence-corrected chi connectivity index (χ3v) is 6.16. The highest BCUT2D eigenvalue weighted by Crippen LogP contribution is 2.41. The van der Waals surface area contributed by atoms with Gasteiger partial charge in [-0.05, 0) is 55.5 Å². The van der Waals surface area contributed by atoms with E-state index in [-0.39, 0.29) is 11.9 Å². The van der Waals surface area contributed by atoms with E-state index < -0.39 is 0 Å². The van der Waals surface area contributed by atoms with Crippen molar-refractivity contribution in [2.24, 2.45) is 5.92 Å². The summed E-state index contributed by atoms with van der Waals surface area (Å²) in [5, 5.41) is 5.30. The van der Waals surface area contributed by atoms with Crippen molar-refractivity contribution in [1.82, 2.24) is 14.8 Å². The van der Waals surface area contributed by atoms with Gasteiger partial charge in [-0.15, -0.1) is 11.5 Å². The summed E-state index contributed by atoms with van der Waals surface area (Å²) < 4.78 is 20.7. The zero-order valence-electron chi connectivity index (χ0n) is 18.5. The number of benzene rings is 2. The fourth-order valence-electron chi connectivity index (χ4n) is 3.97. The van der Waals surface area contributed by atoms with Gasteiger partial charge in [0.15, 0.2) is 0 Å². The number of nitrogens with zero attached hydrogens (tertiary/aromatic N) is 4. The fraction of sp³-hybridized carbons (Fsp3) is 0.360. The highest BCUT2D eigenvalue weighted by atomic mass is 35.5. The number of hydrogen-bond donors (Lipinski definition) is 0. The maximum atomic E-state index is 13.6. The Morgan fingerprint density at radius 3 is 2.62 bits per heavy atom. The summed E-state index contributed by atoms with van der Waals surface area (Å²) in [6.07, 6.45) is 9.05. The van der Waals surface area contributed by atoms with Gasteiger partial charge in [0.2, 0.25) is 5.95 Å². The summed E-state index contributed by atoms with van der Waals surface area (Å²) in [5.41, 5.74) is 2.67. The number of hydrogen-bond acceptors (Lipinski definition) is 4. The van der Waals surface area contributed by atoms with Crippen molar-refractivity contribution in [2.75, 3.05) is 18.6 Å². The molecule has 4 rings (SSSR count). The SMILES string of the molecule is C#CCN(c1nc(C)n(-c2cc(C)c(OC)cc2Cl)n1)C(CC1CC1)c1ccc(F)cc1. The van der Waals surface area contributed by atoms with Crippen molar-refractivity contribution in [3.63, 3.8) is 0 Å². The van der Waals surface area contributed by atoms with Crippen molar-refractivity contribution in [3.8, 4) is 23.8 Å². The Morgan fingerprint density at radius 1 is 1.28 bits per heavy atom. The molecule has 0 N–H and O–H groups in total. The van der Waals surface area contributed by atoms with Crippen LogP contribution in [0, 0.1) is 37.9 Å². The fourth-order valence-corrected chi connectivity index (χ4v) is 4.21. The molecule has 0 spiro atoms. The second kappa shape index (κ2) is 9.22. The normalized spacial score (nSPS) is 14.1. The maximum absolute atomic E-state index is 13.6. The standard InChI is InChI=1S/C25H26ClFN4O/c1-5-12-30(22(14-18-6-7-18)19-8-10-20(27)11-9-19)25-28-17(3)31(29-25)23-13-16(2)24(32-4)15-21(23)26/h1,8-11,13,15,18,22H,6-7,12,14H2,2-4H3. The number of terminal acetylenes is 1. The molecule has 1 fully saturated rings. The van der Waals surface area contributed by atoms with Crippen molar-refractivity contribution in [2.45, 2.75) is 39.2 Å². The molecule has 1 aromatic heterocycles. The second-order valence-electron chi connectivity index (χ2n) is 8.22. The highest BCUT2D eigenvalue weighted by Gasteiger charge is 2.32. The van der Waals surface area contributed by atoms with Crippen LogP contribution < -0.4 is 9.64 Å². The molecule has 1 saturated carbocycles. The third kappa shape index (κ3) is 4.58. The summed E-state index contributed by atoms with van der Waals surface area (Å²) in [7, 11) is 1.62. The molecular weight excluding hydrogens is 427 g/mol. The van der Waals surface area contributed by atoms with Gasteiger partial charge in [0.1, 0.15) is 17.4 Å². The number of methoxy groups -OCH3 is 1. The Kier molecular flexibility index (Phi) is 6.38. The largest absolute Gasteiger partial charge is 0.496 e. The summed E-state index contributed by atoms with van der Waals surface area (Å²) in [6.45, 7) is 4.18. The molecule has 0 bridgehead atoms. The van der Waals surface area contributed by atoms with E-state index in [9.17, 15) is 4.39 Å². The van der Waals surface area contributed by atoms with E-state index in [1.54, 1.807) is 17.9 Å². The van der Waals surface area contributed by atoms with Gasteiger partial charge < -0.3 is 9.64 Å². The lowest BCUT2D eigenvalue weighted by Crippen LogP contribution is -2.31. The van der Waals surface area contributed by atoms with Crippen LogP contribution in [-0.4, -0.2) is 28.4 Å². The minimum Gasteiger partial charge on any atom is -0.496 e. The van der Waals surface area contributed by atoms with Crippen LogP contribution in [0.5, 0.6) is 5.75 Å². The van der Waals surface area contributed by atoms with E-state index >= 15 is 0 Å². The van der Waals surface area contributed by atoms with E-state index in [0.717, 1.165) is 23.2 Å². The molecular formula is C25H26ClFN4O. The van der Waals surface area contributed by atoms with Crippen LogP contribution in [0.4, 0.5) is 10.3 Å². The van der Waals surface area contributed by atoms with Gasteiger partial charge in [0.25, 0.3) is 0 Å². The topological polar surface area (TPSA) is 43.2 Å². The van der Waals surface area contributed by atoms with Crippen LogP contribution in [0.2, 0.25) is 5.02 Å². The highest BCUT2D eigenvalue weighted by molar-refractivity contribution is 6.32. The molecule has 5 nitrogen and oxygen atoms in total. The smallest absolute Gasteiger partial charge is 0.246 e. The summed E-state index contributed by atoms with van der Waals surface area (Å²) in [5.74, 6) is 5.05. The average Bonchev–Trinajstić information content (AvgIpc) is 3.52. The lowest BCUT2D eigenvalue weighted by molar-refractivity contribution is 0.411. The Morgan fingerprint density at radius 2 is 2.00 bits per heavy atom. The van der Waals surface area contributed by atoms with Crippen LogP contribution in [0.1, 0.15) is 42.3 Å². The van der Waals surface area contributed by atoms with Gasteiger partial charge in [-0.3, -0.25) is 0 Å². The molecule has 1 aliphatic rings. The zero-order valence-corrected chi connectivity index (χ0v) is 19.2. The molecule has 166 valence electrons. The van der Waals surface area contributed by atoms with Crippen molar-refractivity contribution < 1.29 is 9.13 Å². The molecule has 3 aromatic rings. The Bertz CT molecular complexity index is 1150. The first-order valence-corrected chi connectivity index (χ1v) is 11.0. The van der Waals surface area contributed by atoms with Gasteiger partial charge in [-0.1, -0.05) is 42.5 Å². The summed E-state index contributed by atoms with van der Waals surface area (Å²) in [6, 6.07) is 10.3. The Balaban J connectivity index is 1.75. The molecule has 0 saturated heterocycles. The number of ether oxygens (including phenoxy) is 1. The Labute approximate surface area is 193 Å². The minimum atomic E-state index is -0.259. The number of aromatic nitrogens is 3. The monoisotopic (exact) mass is 452 g/mol. The van der Waals surface area contributed by atoms with Crippen LogP contribution in [0.25, 0.3) is 5.69 Å². The molecule has 1 atom stereocenters. The van der Waals surface area contributed by atoms with Crippen LogP contribution in [-0.2, 0) is 0 Å². The molecule has 1 unspecified atom stereocenters. The maximum Gasteiger partial charge on any atom is 0.246 e. The summed E-state index contributed by atoms with van der Waals surface area (Å²) >= 11 is 6.54. The van der Waals surface area contributed by atoms with Gasteiger partial charge >= 0.3 is 0 Å². The van der Waals surface area contributed by atoms with Gasteiger partial charge in [-0.25, -0.2) is 9.07 Å². The number of halogens is 2. The molecule has 7 heteroatoms. The van der Waals surface area contributed by atoms with Crippen LogP contribution in [0.3, 0.4) is 0 Å². The molecule has 0 aliphatic heterocycles. The first-order valence-electron chi connectivity index (χ1n) is 10.6. The lowest BCUT2D eigenvalue weighted by atomic mass is 9.99. The molecule has 1 heterocycles. The van der Waals surface area contributed by atoms with Gasteiger partial charge in [-0.2, -0.15) is 4.98 Å². The van der Waals surface area contributed by atoms with E-state index in [4.69, 9.17) is 32.8 Å². The van der Waals surface area contributed by atoms with Gasteiger partial charge in [0, 0.05) is 6.07 Å². The third-order valence-electron chi connectivity index (χ3n) is 5.85. The molecule has 0 amide bonds. The zero-order chi connectivity index (χ0) is 22.8. The molecule has 0 radical (unpaired) electrons. The number of anilines is 1. The van der Waals surface area contributed by atoms with E-state index in [0.29, 0.717) is 35.0 Å². The molecule has 32 heavy (non-hydrogen) atoms. The van der Waals surface area contributed by atoms with Crippen molar-refractivity contribution in [3.05, 3.63) is 64.2 Å². The summed E-state index contributed by atoms with van der Waals surface area (Å²) in [4.78, 5) is 6.76. The number of rotatable bonds is 8. The average molecular weight is 453 g/mol. The van der Waals surface area contributed by atoms with E-state index in [1.165, 1.54) is 25.0 Å². The van der Waals surface area contributed by atoms with E-state index in [1.807, 2.05) is 36.9 Å². The molecule has 1 aliphatic carbocycles. The van der Waals surface area contributed by atoms with Crippen LogP contribution in [0.15, 0.2) is 36.4 Å². The Hall–Kier alpha value is -3.04. The van der Waals surface area contributed by atoms with Crippen molar-refractivity contribution in [1.29, 1.82) is 0 Å². The first kappa shape index (κ1) is 22.2. The second-order valence-corrected chi connectivity index (χ2v) is 8.63. The van der Waals surface area contributed by atoms with E-state index in [2.05, 4.69) is 5.92 Å². The predicted molar refractivity (Wildman–Crippen MR) is 125 cm³/mol. The molecule has 2 aromatic carbocycles. The van der Waals surface area contributed by atoms with Crippen molar-refractivity contribution >= 4 is 17.5 Å². The predicted octanol–water partition coefficient (Wildman–Crippen LogP) is 5.67.